The van der Waals surface area contributed by atoms with Crippen LogP contribution in [0.25, 0.3) is 0 Å². The van der Waals surface area contributed by atoms with E-state index in [1.165, 1.54) is 7.11 Å². The number of methoxy groups -OCH3 is 1. The van der Waals surface area contributed by atoms with Crippen LogP contribution in [0.4, 0.5) is 0 Å². The Morgan fingerprint density at radius 2 is 2.33 bits per heavy atom. The zero-order valence-electron chi connectivity index (χ0n) is 5.38. The van der Waals surface area contributed by atoms with Crippen LogP contribution in [-0.4, -0.2) is 38.0 Å². The molecular weight excluding hydrogens is 138 g/mol. The zero-order valence-corrected chi connectivity index (χ0v) is 6.14. The number of hydrogen-bond donors (Lipinski definition) is 1. The van der Waals surface area contributed by atoms with E-state index in [9.17, 15) is 0 Å². The second-order valence-electron chi connectivity index (χ2n) is 1.79. The van der Waals surface area contributed by atoms with Crippen molar-refractivity contribution in [1.82, 2.24) is 0 Å². The van der Waals surface area contributed by atoms with Crippen LogP contribution in [-0.2, 0) is 4.74 Å². The van der Waals surface area contributed by atoms with Crippen LogP contribution >= 0.6 is 11.6 Å². The summed E-state index contributed by atoms with van der Waals surface area (Å²) in [6, 6.07) is 0. The van der Waals surface area contributed by atoms with Crippen molar-refractivity contribution in [2.45, 2.75) is 17.8 Å². The topological polar surface area (TPSA) is 29.5 Å². The van der Waals surface area contributed by atoms with Crippen LogP contribution in [0.1, 0.15) is 6.42 Å². The molecule has 9 heavy (non-hydrogen) atoms. The lowest BCUT2D eigenvalue weighted by Crippen LogP contribution is -2.20. The third-order valence-corrected chi connectivity index (χ3v) is 1.20. The molecule has 0 aromatic rings. The maximum absolute atomic E-state index is 8.54. The van der Waals surface area contributed by atoms with E-state index >= 15 is 0 Å². The molecule has 0 aliphatic rings. The average molecular weight is 148 g/mol. The number of hydrogen-bond acceptors (Lipinski definition) is 2. The minimum atomic E-state index is -0.429. The van der Waals surface area contributed by atoms with Gasteiger partial charge in [0, 0.05) is 7.11 Å². The number of aliphatic hydroxyl groups is 1. The van der Waals surface area contributed by atoms with E-state index in [2.05, 4.69) is 0 Å². The highest BCUT2D eigenvalue weighted by atomic mass is 35.5. The van der Waals surface area contributed by atoms with Gasteiger partial charge in [-0.2, -0.15) is 0 Å². The molecule has 2 nitrogen and oxygen atoms in total. The summed E-state index contributed by atoms with van der Waals surface area (Å²) >= 11 is 5.42. The average Bonchev–Trinajstić information content (AvgIpc) is 1.82. The quantitative estimate of drug-likeness (QED) is 0.453. The van der Waals surface area contributed by atoms with Gasteiger partial charge >= 0.3 is 0 Å². The molecule has 2 unspecified atom stereocenters. The largest absolute Gasteiger partial charge is 0.394 e. The molecule has 2 atom stereocenters. The molecule has 0 bridgehead atoms. The first-order valence-corrected chi connectivity index (χ1v) is 3.17. The van der Waals surface area contributed by atoms with Crippen LogP contribution in [0, 0.1) is 0 Å². The summed E-state index contributed by atoms with van der Waals surface area (Å²) in [5.41, 5.74) is 0. The molecule has 1 N–H and O–H groups in total. The van der Waals surface area contributed by atoms with Gasteiger partial charge in [0.05, 0.1) is 20.6 Å². The van der Waals surface area contributed by atoms with Crippen molar-refractivity contribution in [3.8, 4) is 0 Å². The van der Waals surface area contributed by atoms with Crippen molar-refractivity contribution in [3.63, 3.8) is 0 Å². The number of halogens is 1. The Hall–Kier alpha value is 0.275. The fraction of sp³-hybridized carbons (Fsp3) is 1.00. The minimum Gasteiger partial charge on any atom is -0.394 e. The smallest absolute Gasteiger partial charge is 0.0918 e. The highest BCUT2D eigenvalue weighted by Gasteiger charge is 2.07. The predicted octanol–water partition coefficient (Wildman–Crippen LogP) is 0.117. The maximum atomic E-state index is 8.54. The lowest BCUT2D eigenvalue weighted by molar-refractivity contribution is 0.0457. The van der Waals surface area contributed by atoms with E-state index in [1.807, 2.05) is 0 Å². The van der Waals surface area contributed by atoms with Crippen LogP contribution in [0.15, 0.2) is 0 Å². The van der Waals surface area contributed by atoms with Crippen LogP contribution in [0.2, 0.25) is 0 Å². The zero-order chi connectivity index (χ0) is 7.28. The Bertz CT molecular complexity index is 66.0. The van der Waals surface area contributed by atoms with E-state index in [4.69, 9.17) is 29.3 Å². The lowest BCUT2D eigenvalue weighted by Gasteiger charge is -2.12. The Morgan fingerprint density at radius 3 is 2.44 bits per heavy atom. The molecule has 0 aromatic carbocycles. The second-order valence-corrected chi connectivity index (χ2v) is 2.35. The van der Waals surface area contributed by atoms with E-state index < -0.39 is 5.28 Å². The molecule has 0 fully saturated rings. The first-order chi connectivity index (χ1) is 4.20. The van der Waals surface area contributed by atoms with E-state index in [0.717, 1.165) is 0 Å². The molecule has 0 spiro atoms. The van der Waals surface area contributed by atoms with Crippen molar-refractivity contribution >= 4 is 19.4 Å². The Morgan fingerprint density at radius 1 is 1.78 bits per heavy atom. The van der Waals surface area contributed by atoms with Gasteiger partial charge in [-0.3, -0.25) is 0 Å². The summed E-state index contributed by atoms with van der Waals surface area (Å²) in [7, 11) is 6.73. The highest BCUT2D eigenvalue weighted by Crippen LogP contribution is 2.03. The van der Waals surface area contributed by atoms with E-state index in [1.54, 1.807) is 0 Å². The Kier molecular flexibility index (Phi) is 5.25. The molecular formula is C5H10BClO2. The van der Waals surface area contributed by atoms with Gasteiger partial charge in [-0.15, -0.1) is 11.6 Å². The SMILES string of the molecule is [B]C(Cl)CC(CO)OC. The second kappa shape index (κ2) is 5.09. The third kappa shape index (κ3) is 4.76. The van der Waals surface area contributed by atoms with E-state index in [-0.39, 0.29) is 12.7 Å². The van der Waals surface area contributed by atoms with Gasteiger partial charge in [-0.05, 0) is 11.7 Å². The first-order valence-electron chi connectivity index (χ1n) is 2.74. The highest BCUT2D eigenvalue weighted by molar-refractivity contribution is 6.40. The van der Waals surface area contributed by atoms with Crippen LogP contribution in [0.5, 0.6) is 0 Å². The molecule has 52 valence electrons. The minimum absolute atomic E-state index is 0.0308. The molecule has 0 aliphatic carbocycles. The van der Waals surface area contributed by atoms with Gasteiger partial charge < -0.3 is 9.84 Å². The standard InChI is InChI=1S/C5H10BClO2/c1-9-4(3-8)2-5(6)7/h4-5,8H,2-3H2,1H3. The summed E-state index contributed by atoms with van der Waals surface area (Å²) in [5, 5.41) is 8.11. The predicted molar refractivity (Wildman–Crippen MR) is 37.9 cm³/mol. The third-order valence-electron chi connectivity index (χ3n) is 1.03. The molecule has 0 saturated carbocycles. The van der Waals surface area contributed by atoms with Crippen LogP contribution < -0.4 is 0 Å². The molecule has 0 heterocycles. The number of rotatable bonds is 4. The molecule has 0 saturated heterocycles. The monoisotopic (exact) mass is 148 g/mol. The molecule has 4 heteroatoms. The summed E-state index contributed by atoms with van der Waals surface area (Å²) < 4.78 is 4.80. The molecule has 2 radical (unpaired) electrons. The van der Waals surface area contributed by atoms with Crippen LogP contribution in [0.3, 0.4) is 0 Å². The fourth-order valence-electron chi connectivity index (χ4n) is 0.496. The lowest BCUT2D eigenvalue weighted by atomic mass is 9.98. The van der Waals surface area contributed by atoms with Gasteiger partial charge in [-0.1, -0.05) is 0 Å². The van der Waals surface area contributed by atoms with Crippen molar-refractivity contribution in [3.05, 3.63) is 0 Å². The normalized spacial score (nSPS) is 17.2. The fourth-order valence-corrected chi connectivity index (χ4v) is 0.695. The first kappa shape index (κ1) is 9.27. The summed E-state index contributed by atoms with van der Waals surface area (Å²) in [4.78, 5) is 0. The number of alkyl halides is 1. The number of aliphatic hydroxyl groups excluding tert-OH is 1. The van der Waals surface area contributed by atoms with Crippen molar-refractivity contribution in [2.24, 2.45) is 0 Å². The molecule has 0 aromatic heterocycles. The summed E-state index contributed by atoms with van der Waals surface area (Å²) in [6.45, 7) is -0.0308. The van der Waals surface area contributed by atoms with Gasteiger partial charge in [0.25, 0.3) is 0 Å². The van der Waals surface area contributed by atoms with Crippen molar-refractivity contribution < 1.29 is 9.84 Å². The molecule has 0 aliphatic heterocycles. The molecule has 0 rings (SSSR count). The van der Waals surface area contributed by atoms with Gasteiger partial charge in [0.2, 0.25) is 0 Å². The molecule has 0 amide bonds. The summed E-state index contributed by atoms with van der Waals surface area (Å²) in [6.07, 6.45) is 0.256. The van der Waals surface area contributed by atoms with Gasteiger partial charge in [0.1, 0.15) is 0 Å². The Balaban J connectivity index is 3.31. The summed E-state index contributed by atoms with van der Waals surface area (Å²) in [5.74, 6) is 0. The van der Waals surface area contributed by atoms with Gasteiger partial charge in [0.15, 0.2) is 0 Å². The van der Waals surface area contributed by atoms with Crippen molar-refractivity contribution in [1.29, 1.82) is 0 Å². The van der Waals surface area contributed by atoms with E-state index in [0.29, 0.717) is 6.42 Å². The number of ether oxygens (including phenoxy) is 1. The van der Waals surface area contributed by atoms with Crippen molar-refractivity contribution in [2.75, 3.05) is 13.7 Å². The Labute approximate surface area is 61.6 Å². The maximum Gasteiger partial charge on any atom is 0.0918 e. The van der Waals surface area contributed by atoms with Gasteiger partial charge in [-0.25, -0.2) is 0 Å².